The van der Waals surface area contributed by atoms with Crippen molar-refractivity contribution in [2.45, 2.75) is 6.04 Å². The van der Waals surface area contributed by atoms with Gasteiger partial charge in [0.2, 0.25) is 5.96 Å². The molecule has 0 saturated heterocycles. The van der Waals surface area contributed by atoms with E-state index in [1.807, 2.05) is 0 Å². The number of hydrogen-bond donors (Lipinski definition) is 2. The molecule has 0 spiro atoms. The Kier molecular flexibility index (Phi) is 3.40. The predicted octanol–water partition coefficient (Wildman–Crippen LogP) is 1.32. The monoisotopic (exact) mass is 255 g/mol. The van der Waals surface area contributed by atoms with E-state index in [0.717, 1.165) is 6.07 Å². The third kappa shape index (κ3) is 2.55. The van der Waals surface area contributed by atoms with Gasteiger partial charge < -0.3 is 10.1 Å². The summed E-state index contributed by atoms with van der Waals surface area (Å²) in [5, 5.41) is 5.15. The van der Waals surface area contributed by atoms with Crippen LogP contribution in [0.4, 0.5) is 13.6 Å². The molecule has 0 bridgehead atoms. The normalized spacial score (nSPS) is 17.9. The number of carbonyl (C=O) groups is 1. The number of methoxy groups -OCH3 is 1. The highest BCUT2D eigenvalue weighted by molar-refractivity contribution is 5.94. The molecule has 0 aromatic heterocycles. The molecule has 1 aromatic rings. The number of hydrogen-bond acceptors (Lipinski definition) is 4. The number of alkyl carbamates (subject to hydrolysis) is 1. The third-order valence-electron chi connectivity index (χ3n) is 2.49. The Morgan fingerprint density at radius 2 is 2.33 bits per heavy atom. The van der Waals surface area contributed by atoms with E-state index in [-0.39, 0.29) is 12.5 Å². The number of benzene rings is 1. The quantitative estimate of drug-likeness (QED) is 0.795. The minimum atomic E-state index is -0.665. The van der Waals surface area contributed by atoms with E-state index in [2.05, 4.69) is 20.4 Å². The Bertz CT molecular complexity index is 505. The average molecular weight is 255 g/mol. The second-order valence-electron chi connectivity index (χ2n) is 3.67. The Labute approximate surface area is 102 Å². The van der Waals surface area contributed by atoms with E-state index in [1.54, 1.807) is 0 Å². The zero-order valence-electron chi connectivity index (χ0n) is 9.54. The number of carbonyl (C=O) groups excluding carboxylic acids is 1. The fourth-order valence-corrected chi connectivity index (χ4v) is 1.62. The number of halogens is 2. The molecular weight excluding hydrogens is 244 g/mol. The fraction of sp³-hybridized carbons (Fsp3) is 0.273. The number of nitrogens with zero attached hydrogens (tertiary/aromatic N) is 1. The van der Waals surface area contributed by atoms with Crippen molar-refractivity contribution in [3.8, 4) is 0 Å². The number of guanidine groups is 1. The summed E-state index contributed by atoms with van der Waals surface area (Å²) in [5.74, 6) is -1.08. The van der Waals surface area contributed by atoms with Gasteiger partial charge in [0.25, 0.3) is 0 Å². The summed E-state index contributed by atoms with van der Waals surface area (Å²) < 4.78 is 30.7. The first-order valence-electron chi connectivity index (χ1n) is 5.21. The Morgan fingerprint density at radius 1 is 1.56 bits per heavy atom. The lowest BCUT2D eigenvalue weighted by Crippen LogP contribution is -2.39. The van der Waals surface area contributed by atoms with E-state index < -0.39 is 23.8 Å². The highest BCUT2D eigenvalue weighted by atomic mass is 19.1. The van der Waals surface area contributed by atoms with Crippen molar-refractivity contribution in [2.75, 3.05) is 13.7 Å². The number of rotatable bonds is 1. The van der Waals surface area contributed by atoms with Gasteiger partial charge in [0.1, 0.15) is 11.6 Å². The predicted molar refractivity (Wildman–Crippen MR) is 60.1 cm³/mol. The van der Waals surface area contributed by atoms with Gasteiger partial charge in [-0.05, 0) is 6.07 Å². The van der Waals surface area contributed by atoms with Crippen molar-refractivity contribution >= 4 is 12.1 Å². The van der Waals surface area contributed by atoms with Crippen LogP contribution < -0.4 is 10.6 Å². The maximum absolute atomic E-state index is 13.5. The van der Waals surface area contributed by atoms with Crippen LogP contribution in [0.3, 0.4) is 0 Å². The maximum Gasteiger partial charge on any atom is 0.413 e. The zero-order chi connectivity index (χ0) is 13.1. The molecule has 5 nitrogen and oxygen atoms in total. The van der Waals surface area contributed by atoms with E-state index >= 15 is 0 Å². The molecule has 0 saturated carbocycles. The first-order valence-corrected chi connectivity index (χ1v) is 5.21. The Balaban J connectivity index is 2.04. The van der Waals surface area contributed by atoms with Crippen LogP contribution in [0.5, 0.6) is 0 Å². The molecule has 0 radical (unpaired) electrons. The number of amides is 1. The molecule has 1 unspecified atom stereocenters. The van der Waals surface area contributed by atoms with E-state index in [9.17, 15) is 13.6 Å². The number of ether oxygens (including phenoxy) is 1. The molecule has 2 rings (SSSR count). The summed E-state index contributed by atoms with van der Waals surface area (Å²) in [6.45, 7) is 0.252. The first kappa shape index (κ1) is 12.3. The molecule has 1 heterocycles. The molecule has 0 aliphatic carbocycles. The summed E-state index contributed by atoms with van der Waals surface area (Å²) >= 11 is 0. The van der Waals surface area contributed by atoms with Gasteiger partial charge in [-0.2, -0.15) is 0 Å². The van der Waals surface area contributed by atoms with Crippen LogP contribution in [0.2, 0.25) is 0 Å². The van der Waals surface area contributed by atoms with Crippen LogP contribution >= 0.6 is 0 Å². The molecule has 1 aromatic carbocycles. The lowest BCUT2D eigenvalue weighted by atomic mass is 10.1. The van der Waals surface area contributed by atoms with Crippen molar-refractivity contribution in [3.05, 3.63) is 35.4 Å². The van der Waals surface area contributed by atoms with Gasteiger partial charge >= 0.3 is 6.09 Å². The number of aliphatic imine (C=N–C) groups is 1. The molecular formula is C11H11F2N3O2. The Morgan fingerprint density at radius 3 is 3.00 bits per heavy atom. The second kappa shape index (κ2) is 4.99. The van der Waals surface area contributed by atoms with Gasteiger partial charge in [-0.15, -0.1) is 0 Å². The topological polar surface area (TPSA) is 62.7 Å². The molecule has 1 aliphatic heterocycles. The van der Waals surface area contributed by atoms with Crippen molar-refractivity contribution < 1.29 is 18.3 Å². The summed E-state index contributed by atoms with van der Waals surface area (Å²) in [6, 6.07) is 2.89. The maximum atomic E-state index is 13.5. The minimum absolute atomic E-state index is 0.204. The highest BCUT2D eigenvalue weighted by Crippen LogP contribution is 2.20. The Hall–Kier alpha value is -2.18. The highest BCUT2D eigenvalue weighted by Gasteiger charge is 2.23. The second-order valence-corrected chi connectivity index (χ2v) is 3.67. The van der Waals surface area contributed by atoms with Gasteiger partial charge in [0.05, 0.1) is 19.7 Å². The van der Waals surface area contributed by atoms with Crippen LogP contribution in [0, 0.1) is 11.6 Å². The van der Waals surface area contributed by atoms with Gasteiger partial charge in [0, 0.05) is 11.6 Å². The number of nitrogens with one attached hydrogen (secondary N) is 2. The molecule has 2 N–H and O–H groups in total. The van der Waals surface area contributed by atoms with E-state index in [4.69, 9.17) is 0 Å². The fourth-order valence-electron chi connectivity index (χ4n) is 1.62. The standard InChI is InChI=1S/C11H11F2N3O2/c1-18-11(17)16-10-14-5-9(15-10)7-3-2-6(12)4-8(7)13/h2-4,9H,5H2,1H3,(H2,14,15,16,17). The van der Waals surface area contributed by atoms with Crippen LogP contribution in [0.25, 0.3) is 0 Å². The first-order chi connectivity index (χ1) is 8.60. The molecule has 0 fully saturated rings. The summed E-state index contributed by atoms with van der Waals surface area (Å²) in [6.07, 6.45) is -0.665. The molecule has 18 heavy (non-hydrogen) atoms. The average Bonchev–Trinajstić information content (AvgIpc) is 2.77. The largest absolute Gasteiger partial charge is 0.453 e. The van der Waals surface area contributed by atoms with Crippen molar-refractivity contribution in [1.29, 1.82) is 0 Å². The molecule has 1 amide bonds. The van der Waals surface area contributed by atoms with Crippen LogP contribution in [0.1, 0.15) is 11.6 Å². The molecule has 7 heteroatoms. The summed E-state index contributed by atoms with van der Waals surface area (Å²) in [7, 11) is 1.22. The van der Waals surface area contributed by atoms with E-state index in [1.165, 1.54) is 19.2 Å². The van der Waals surface area contributed by atoms with Gasteiger partial charge in [-0.25, -0.2) is 13.6 Å². The SMILES string of the molecule is COC(=O)NC1=NCC(c2ccc(F)cc2F)N1. The van der Waals surface area contributed by atoms with Crippen LogP contribution in [0.15, 0.2) is 23.2 Å². The van der Waals surface area contributed by atoms with Crippen molar-refractivity contribution in [1.82, 2.24) is 10.6 Å². The van der Waals surface area contributed by atoms with Crippen LogP contribution in [-0.4, -0.2) is 25.7 Å². The molecule has 1 atom stereocenters. The van der Waals surface area contributed by atoms with Crippen LogP contribution in [-0.2, 0) is 4.74 Å². The third-order valence-corrected chi connectivity index (χ3v) is 2.49. The summed E-state index contributed by atoms with van der Waals surface area (Å²) in [4.78, 5) is 14.9. The zero-order valence-corrected chi connectivity index (χ0v) is 9.54. The van der Waals surface area contributed by atoms with Gasteiger partial charge in [-0.1, -0.05) is 6.07 Å². The molecule has 1 aliphatic rings. The van der Waals surface area contributed by atoms with Crippen molar-refractivity contribution in [2.24, 2.45) is 4.99 Å². The van der Waals surface area contributed by atoms with E-state index in [0.29, 0.717) is 5.56 Å². The lowest BCUT2D eigenvalue weighted by Gasteiger charge is -2.13. The smallest absolute Gasteiger partial charge is 0.413 e. The van der Waals surface area contributed by atoms with Crippen molar-refractivity contribution in [3.63, 3.8) is 0 Å². The molecule has 96 valence electrons. The summed E-state index contributed by atoms with van der Waals surface area (Å²) in [5.41, 5.74) is 0.293. The minimum Gasteiger partial charge on any atom is -0.453 e. The van der Waals surface area contributed by atoms with Gasteiger partial charge in [-0.3, -0.25) is 10.3 Å². The lowest BCUT2D eigenvalue weighted by molar-refractivity contribution is 0.176. The van der Waals surface area contributed by atoms with Gasteiger partial charge in [0.15, 0.2) is 0 Å².